The van der Waals surface area contributed by atoms with Gasteiger partial charge < -0.3 is 11.1 Å². The van der Waals surface area contributed by atoms with Crippen LogP contribution in [0.25, 0.3) is 5.69 Å². The van der Waals surface area contributed by atoms with Crippen LogP contribution in [0.2, 0.25) is 0 Å². The molecule has 0 aliphatic carbocycles. The summed E-state index contributed by atoms with van der Waals surface area (Å²) >= 11 is 0. The number of aromatic nitrogens is 2. The van der Waals surface area contributed by atoms with E-state index in [0.717, 1.165) is 11.4 Å². The summed E-state index contributed by atoms with van der Waals surface area (Å²) < 4.78 is 1.83. The van der Waals surface area contributed by atoms with Crippen LogP contribution >= 0.6 is 0 Å². The number of carbonyl (C=O) groups is 1. The molecule has 1 atom stereocenters. The van der Waals surface area contributed by atoms with Crippen LogP contribution in [0.1, 0.15) is 30.2 Å². The van der Waals surface area contributed by atoms with Crippen molar-refractivity contribution in [2.45, 2.75) is 40.2 Å². The fourth-order valence-electron chi connectivity index (χ4n) is 2.36. The summed E-state index contributed by atoms with van der Waals surface area (Å²) in [7, 11) is 0. The largest absolute Gasteiger partial charge is 0.327 e. The van der Waals surface area contributed by atoms with Crippen LogP contribution in [-0.4, -0.2) is 21.7 Å². The summed E-state index contributed by atoms with van der Waals surface area (Å²) in [5.74, 6) is 0.437. The molecule has 0 aliphatic rings. The lowest BCUT2D eigenvalue weighted by atomic mass is 10.1. The maximum Gasteiger partial charge on any atom is 0.227 e. The second kappa shape index (κ2) is 6.10. The molecule has 3 N–H and O–H groups in total. The fourth-order valence-corrected chi connectivity index (χ4v) is 2.36. The van der Waals surface area contributed by atoms with E-state index < -0.39 is 0 Å². The van der Waals surface area contributed by atoms with Gasteiger partial charge in [0.1, 0.15) is 0 Å². The summed E-state index contributed by atoms with van der Waals surface area (Å²) in [4.78, 5) is 11.7. The number of nitrogens with two attached hydrogens (primary N) is 1. The average Bonchev–Trinajstić information content (AvgIpc) is 2.67. The van der Waals surface area contributed by atoms with E-state index in [1.165, 1.54) is 11.1 Å². The van der Waals surface area contributed by atoms with Crippen LogP contribution in [0.15, 0.2) is 24.3 Å². The Labute approximate surface area is 125 Å². The molecule has 0 aliphatic heterocycles. The number of rotatable bonds is 4. The highest BCUT2D eigenvalue weighted by Crippen LogP contribution is 2.18. The normalized spacial score (nSPS) is 12.2. The zero-order chi connectivity index (χ0) is 15.6. The van der Waals surface area contributed by atoms with Crippen LogP contribution < -0.4 is 11.1 Å². The molecule has 1 heterocycles. The molecule has 0 fully saturated rings. The van der Waals surface area contributed by atoms with Gasteiger partial charge >= 0.3 is 0 Å². The first-order valence-corrected chi connectivity index (χ1v) is 7.06. The molecule has 2 aromatic rings. The third kappa shape index (κ3) is 3.92. The van der Waals surface area contributed by atoms with Gasteiger partial charge in [-0.3, -0.25) is 4.79 Å². The number of hydrogen-bond donors (Lipinski definition) is 2. The smallest absolute Gasteiger partial charge is 0.227 e. The van der Waals surface area contributed by atoms with Gasteiger partial charge in [0.2, 0.25) is 5.91 Å². The first-order chi connectivity index (χ1) is 9.85. The van der Waals surface area contributed by atoms with Crippen molar-refractivity contribution >= 4 is 11.7 Å². The number of nitrogens with zero attached hydrogens (tertiary/aromatic N) is 2. The summed E-state index contributed by atoms with van der Waals surface area (Å²) in [6.45, 7) is 7.88. The molecule has 21 heavy (non-hydrogen) atoms. The molecule has 1 unspecified atom stereocenters. The summed E-state index contributed by atoms with van der Waals surface area (Å²) in [6.07, 6.45) is 0.287. The first-order valence-electron chi connectivity index (χ1n) is 7.06. The lowest BCUT2D eigenvalue weighted by Crippen LogP contribution is -2.24. The molecule has 0 saturated heterocycles. The van der Waals surface area contributed by atoms with Crippen molar-refractivity contribution in [2.75, 3.05) is 5.32 Å². The second-order valence-corrected chi connectivity index (χ2v) is 5.66. The van der Waals surface area contributed by atoms with Gasteiger partial charge in [-0.2, -0.15) is 0 Å². The predicted molar refractivity (Wildman–Crippen MR) is 84.7 cm³/mol. The number of anilines is 1. The minimum absolute atomic E-state index is 0.116. The van der Waals surface area contributed by atoms with Crippen molar-refractivity contribution in [1.82, 2.24) is 9.78 Å². The van der Waals surface area contributed by atoms with E-state index in [-0.39, 0.29) is 18.4 Å². The van der Waals surface area contributed by atoms with E-state index >= 15 is 0 Å². The number of nitrogens with one attached hydrogen (secondary N) is 1. The summed E-state index contributed by atoms with van der Waals surface area (Å²) in [5.41, 5.74) is 9.95. The molecular weight excluding hydrogens is 264 g/mol. The topological polar surface area (TPSA) is 72.9 Å². The monoisotopic (exact) mass is 286 g/mol. The van der Waals surface area contributed by atoms with E-state index in [1.54, 1.807) is 6.92 Å². The zero-order valence-electron chi connectivity index (χ0n) is 13.0. The van der Waals surface area contributed by atoms with E-state index in [9.17, 15) is 4.79 Å². The van der Waals surface area contributed by atoms with Crippen molar-refractivity contribution in [3.8, 4) is 5.69 Å². The van der Waals surface area contributed by atoms with Gasteiger partial charge in [0, 0.05) is 24.2 Å². The molecule has 112 valence electrons. The van der Waals surface area contributed by atoms with E-state index in [0.29, 0.717) is 5.82 Å². The van der Waals surface area contributed by atoms with Gasteiger partial charge in [0.15, 0.2) is 5.82 Å². The molecular formula is C16H22N4O. The number of amides is 1. The molecule has 1 amide bonds. The molecule has 0 saturated carbocycles. The van der Waals surface area contributed by atoms with Crippen LogP contribution in [0.5, 0.6) is 0 Å². The van der Waals surface area contributed by atoms with Crippen molar-refractivity contribution < 1.29 is 4.79 Å². The molecule has 5 nitrogen and oxygen atoms in total. The van der Waals surface area contributed by atoms with E-state index in [4.69, 9.17) is 5.73 Å². The molecule has 1 aromatic carbocycles. The van der Waals surface area contributed by atoms with Gasteiger partial charge in [-0.25, -0.2) is 4.68 Å². The number of hydrogen-bond acceptors (Lipinski definition) is 3. The highest BCUT2D eigenvalue weighted by molar-refractivity contribution is 5.90. The van der Waals surface area contributed by atoms with Crippen LogP contribution in [-0.2, 0) is 4.79 Å². The first kappa shape index (κ1) is 15.3. The van der Waals surface area contributed by atoms with Crippen molar-refractivity contribution in [3.05, 3.63) is 41.1 Å². The lowest BCUT2D eigenvalue weighted by Gasteiger charge is -2.07. The number of benzene rings is 1. The number of carbonyl (C=O) groups excluding carboxylic acids is 1. The van der Waals surface area contributed by atoms with Gasteiger partial charge in [-0.1, -0.05) is 6.07 Å². The molecule has 5 heteroatoms. The van der Waals surface area contributed by atoms with Crippen molar-refractivity contribution in [1.29, 1.82) is 0 Å². The Morgan fingerprint density at radius 2 is 1.86 bits per heavy atom. The minimum Gasteiger partial charge on any atom is -0.327 e. The lowest BCUT2D eigenvalue weighted by molar-refractivity contribution is -0.116. The quantitative estimate of drug-likeness (QED) is 0.907. The van der Waals surface area contributed by atoms with Gasteiger partial charge in [0.05, 0.1) is 5.69 Å². The van der Waals surface area contributed by atoms with Crippen molar-refractivity contribution in [2.24, 2.45) is 5.73 Å². The Kier molecular flexibility index (Phi) is 4.43. The Bertz CT molecular complexity index is 638. The SMILES string of the molecule is Cc1cc(C)cc(-n2nc(NC(=O)CC(C)N)cc2C)c1. The fraction of sp³-hybridized carbons (Fsp3) is 0.375. The van der Waals surface area contributed by atoms with Crippen molar-refractivity contribution in [3.63, 3.8) is 0 Å². The highest BCUT2D eigenvalue weighted by atomic mass is 16.1. The highest BCUT2D eigenvalue weighted by Gasteiger charge is 2.11. The average molecular weight is 286 g/mol. The second-order valence-electron chi connectivity index (χ2n) is 5.66. The maximum atomic E-state index is 11.7. The van der Waals surface area contributed by atoms with Gasteiger partial charge in [0.25, 0.3) is 0 Å². The molecule has 2 rings (SSSR count). The van der Waals surface area contributed by atoms with Crippen LogP contribution in [0.3, 0.4) is 0 Å². The Morgan fingerprint density at radius 3 is 2.43 bits per heavy atom. The molecule has 0 radical (unpaired) electrons. The van der Waals surface area contributed by atoms with Gasteiger partial charge in [-0.15, -0.1) is 5.10 Å². The third-order valence-electron chi connectivity index (χ3n) is 3.11. The Morgan fingerprint density at radius 1 is 1.24 bits per heavy atom. The maximum absolute atomic E-state index is 11.7. The minimum atomic E-state index is -0.160. The molecule has 0 spiro atoms. The van der Waals surface area contributed by atoms with E-state index in [1.807, 2.05) is 17.7 Å². The summed E-state index contributed by atoms with van der Waals surface area (Å²) in [5, 5.41) is 7.24. The third-order valence-corrected chi connectivity index (χ3v) is 3.11. The molecule has 0 bridgehead atoms. The Balaban J connectivity index is 2.25. The van der Waals surface area contributed by atoms with E-state index in [2.05, 4.69) is 42.5 Å². The molecule has 1 aromatic heterocycles. The standard InChI is InChI=1S/C16H22N4O/c1-10-5-11(2)7-14(6-10)20-13(4)9-15(19-20)18-16(21)8-12(3)17/h5-7,9,12H,8,17H2,1-4H3,(H,18,19,21). The predicted octanol–water partition coefficient (Wildman–Crippen LogP) is 2.47. The Hall–Kier alpha value is -2.14. The number of aryl methyl sites for hydroxylation is 3. The summed E-state index contributed by atoms with van der Waals surface area (Å²) in [6, 6.07) is 7.96. The van der Waals surface area contributed by atoms with Crippen LogP contribution in [0.4, 0.5) is 5.82 Å². The van der Waals surface area contributed by atoms with Crippen LogP contribution in [0, 0.1) is 20.8 Å². The zero-order valence-corrected chi connectivity index (χ0v) is 13.0. The van der Waals surface area contributed by atoms with Gasteiger partial charge in [-0.05, 0) is 51.0 Å².